The standard InChI is InChI=1S/C29H33F3N4O6S/c1-17(2)22(23(29(30,31)32)42-26(39)28(3,4)5)35-21(37)15-36-24(20-12-9-13-43-20)33-14-19(25(36)38)34-27(40)41-16-18-10-7-6-8-11-18/h6-14,17,22-23H,15-16H2,1-5H3,(H,34,40)(H,35,37). The number of hydrogen-bond acceptors (Lipinski definition) is 8. The lowest BCUT2D eigenvalue weighted by Crippen LogP contribution is -2.56. The van der Waals surface area contributed by atoms with Crippen molar-refractivity contribution in [3.05, 3.63) is 70.0 Å². The Bertz CT molecular complexity index is 1470. The molecule has 232 valence electrons. The number of carbonyl (C=O) groups is 3. The maximum absolute atomic E-state index is 14.1. The molecule has 2 unspecified atom stereocenters. The van der Waals surface area contributed by atoms with Crippen molar-refractivity contribution >= 4 is 35.0 Å². The summed E-state index contributed by atoms with van der Waals surface area (Å²) in [6.07, 6.45) is -7.47. The van der Waals surface area contributed by atoms with E-state index in [0.717, 1.165) is 10.8 Å². The average Bonchev–Trinajstić information content (AvgIpc) is 3.46. The van der Waals surface area contributed by atoms with E-state index in [0.29, 0.717) is 10.4 Å². The summed E-state index contributed by atoms with van der Waals surface area (Å²) in [5.41, 5.74) is -1.65. The van der Waals surface area contributed by atoms with Gasteiger partial charge in [-0.3, -0.25) is 24.3 Å². The maximum Gasteiger partial charge on any atom is 0.427 e. The smallest absolute Gasteiger partial charge is 0.427 e. The first-order chi connectivity index (χ1) is 20.1. The number of nitrogens with zero attached hydrogens (tertiary/aromatic N) is 2. The van der Waals surface area contributed by atoms with Crippen LogP contribution in [0.4, 0.5) is 23.7 Å². The molecule has 10 nitrogen and oxygen atoms in total. The number of benzene rings is 1. The van der Waals surface area contributed by atoms with E-state index < -0.39 is 59.7 Å². The number of hydrogen-bond donors (Lipinski definition) is 2. The van der Waals surface area contributed by atoms with Gasteiger partial charge in [0.25, 0.3) is 5.56 Å². The van der Waals surface area contributed by atoms with Gasteiger partial charge in [-0.05, 0) is 43.7 Å². The Morgan fingerprint density at radius 1 is 1.05 bits per heavy atom. The number of anilines is 1. The quantitative estimate of drug-likeness (QED) is 0.291. The summed E-state index contributed by atoms with van der Waals surface area (Å²) in [5.74, 6) is -2.81. The number of nitrogens with one attached hydrogen (secondary N) is 2. The first-order valence-electron chi connectivity index (χ1n) is 13.3. The van der Waals surface area contributed by atoms with Gasteiger partial charge in [0.05, 0.1) is 22.5 Å². The van der Waals surface area contributed by atoms with E-state index in [1.165, 1.54) is 46.0 Å². The molecule has 0 aliphatic carbocycles. The summed E-state index contributed by atoms with van der Waals surface area (Å²) in [5, 5.41) is 6.32. The molecule has 3 aromatic rings. The number of esters is 1. The van der Waals surface area contributed by atoms with Gasteiger partial charge in [0.15, 0.2) is 5.82 Å². The van der Waals surface area contributed by atoms with Gasteiger partial charge in [-0.1, -0.05) is 50.2 Å². The SMILES string of the molecule is CC(C)C(NC(=O)Cn1c(-c2cccs2)ncc(NC(=O)OCc2ccccc2)c1=O)C(OC(=O)C(C)(C)C)C(F)(F)F. The van der Waals surface area contributed by atoms with Crippen LogP contribution in [0.2, 0.25) is 0 Å². The minimum Gasteiger partial charge on any atom is -0.450 e. The molecule has 0 saturated carbocycles. The molecule has 1 aromatic carbocycles. The van der Waals surface area contributed by atoms with Gasteiger partial charge in [-0.2, -0.15) is 13.2 Å². The van der Waals surface area contributed by atoms with Crippen molar-refractivity contribution in [1.29, 1.82) is 0 Å². The number of alkyl halides is 3. The third kappa shape index (κ3) is 9.14. The van der Waals surface area contributed by atoms with Crippen molar-refractivity contribution in [1.82, 2.24) is 14.9 Å². The molecule has 2 aromatic heterocycles. The zero-order chi connectivity index (χ0) is 31.9. The van der Waals surface area contributed by atoms with E-state index in [1.54, 1.807) is 47.8 Å². The number of aromatic nitrogens is 2. The first-order valence-corrected chi connectivity index (χ1v) is 14.1. The van der Waals surface area contributed by atoms with Crippen LogP contribution in [0.25, 0.3) is 10.7 Å². The van der Waals surface area contributed by atoms with Gasteiger partial charge in [-0.25, -0.2) is 9.78 Å². The number of rotatable bonds is 10. The highest BCUT2D eigenvalue weighted by Crippen LogP contribution is 2.31. The van der Waals surface area contributed by atoms with Gasteiger partial charge in [0, 0.05) is 0 Å². The molecule has 0 bridgehead atoms. The van der Waals surface area contributed by atoms with E-state index in [2.05, 4.69) is 15.6 Å². The van der Waals surface area contributed by atoms with Crippen molar-refractivity contribution in [3.63, 3.8) is 0 Å². The Kier molecular flexibility index (Phi) is 10.7. The third-order valence-electron chi connectivity index (χ3n) is 6.08. The van der Waals surface area contributed by atoms with Crippen molar-refractivity contribution in [2.45, 2.75) is 66.1 Å². The van der Waals surface area contributed by atoms with Crippen LogP contribution in [0, 0.1) is 11.3 Å². The summed E-state index contributed by atoms with van der Waals surface area (Å²) in [6.45, 7) is 6.30. The summed E-state index contributed by atoms with van der Waals surface area (Å²) in [7, 11) is 0. The highest BCUT2D eigenvalue weighted by Gasteiger charge is 2.50. The molecule has 0 aliphatic heterocycles. The van der Waals surface area contributed by atoms with Gasteiger partial charge in [-0.15, -0.1) is 11.3 Å². The largest absolute Gasteiger partial charge is 0.450 e. The lowest BCUT2D eigenvalue weighted by atomic mass is 9.95. The molecular formula is C29H33F3N4O6S. The molecule has 2 atom stereocenters. The molecular weight excluding hydrogens is 589 g/mol. The second-order valence-corrected chi connectivity index (χ2v) is 12.0. The van der Waals surface area contributed by atoms with Crippen LogP contribution in [0.5, 0.6) is 0 Å². The molecule has 3 rings (SSSR count). The molecule has 2 amide bonds. The average molecular weight is 623 g/mol. The van der Waals surface area contributed by atoms with E-state index in [9.17, 15) is 32.3 Å². The van der Waals surface area contributed by atoms with Crippen molar-refractivity contribution < 1.29 is 37.0 Å². The Hall–Kier alpha value is -4.20. The Morgan fingerprint density at radius 3 is 2.28 bits per heavy atom. The van der Waals surface area contributed by atoms with Crippen LogP contribution in [0.1, 0.15) is 40.2 Å². The molecule has 0 saturated heterocycles. The van der Waals surface area contributed by atoms with Crippen LogP contribution < -0.4 is 16.2 Å². The first kappa shape index (κ1) is 33.3. The number of carbonyl (C=O) groups excluding carboxylic acids is 3. The van der Waals surface area contributed by atoms with E-state index in [-0.39, 0.29) is 18.1 Å². The van der Waals surface area contributed by atoms with Crippen molar-refractivity contribution in [3.8, 4) is 10.7 Å². The van der Waals surface area contributed by atoms with Gasteiger partial charge < -0.3 is 14.8 Å². The Labute approximate surface area is 250 Å². The molecule has 0 fully saturated rings. The predicted octanol–water partition coefficient (Wildman–Crippen LogP) is 5.38. The van der Waals surface area contributed by atoms with E-state index >= 15 is 0 Å². The molecule has 2 N–H and O–H groups in total. The number of amides is 2. The van der Waals surface area contributed by atoms with Crippen LogP contribution >= 0.6 is 11.3 Å². The summed E-state index contributed by atoms with van der Waals surface area (Å²) < 4.78 is 53.2. The molecule has 14 heteroatoms. The highest BCUT2D eigenvalue weighted by atomic mass is 32.1. The van der Waals surface area contributed by atoms with Crippen LogP contribution in [0.15, 0.2) is 58.8 Å². The fraction of sp³-hybridized carbons (Fsp3) is 0.414. The summed E-state index contributed by atoms with van der Waals surface area (Å²) in [4.78, 5) is 56.1. The minimum atomic E-state index is -4.99. The maximum atomic E-state index is 14.1. The van der Waals surface area contributed by atoms with Crippen LogP contribution in [-0.4, -0.2) is 45.8 Å². The molecule has 0 spiro atoms. The number of halogens is 3. The zero-order valence-corrected chi connectivity index (χ0v) is 25.0. The fourth-order valence-corrected chi connectivity index (χ4v) is 4.53. The second kappa shape index (κ2) is 13.8. The van der Waals surface area contributed by atoms with E-state index in [1.807, 2.05) is 0 Å². The zero-order valence-electron chi connectivity index (χ0n) is 24.2. The topological polar surface area (TPSA) is 129 Å². The molecule has 2 heterocycles. The highest BCUT2D eigenvalue weighted by molar-refractivity contribution is 7.13. The van der Waals surface area contributed by atoms with Gasteiger partial charge >= 0.3 is 18.2 Å². The summed E-state index contributed by atoms with van der Waals surface area (Å²) >= 11 is 1.22. The van der Waals surface area contributed by atoms with Crippen LogP contribution in [-0.2, 0) is 32.2 Å². The van der Waals surface area contributed by atoms with E-state index in [4.69, 9.17) is 9.47 Å². The Morgan fingerprint density at radius 2 is 1.72 bits per heavy atom. The fourth-order valence-electron chi connectivity index (χ4n) is 3.80. The Balaban J connectivity index is 1.87. The number of ether oxygens (including phenoxy) is 2. The van der Waals surface area contributed by atoms with Gasteiger partial charge in [0.2, 0.25) is 12.0 Å². The van der Waals surface area contributed by atoms with Crippen molar-refractivity contribution in [2.24, 2.45) is 11.3 Å². The second-order valence-electron chi connectivity index (χ2n) is 11.0. The summed E-state index contributed by atoms with van der Waals surface area (Å²) in [6, 6.07) is 10.5. The van der Waals surface area contributed by atoms with Crippen molar-refractivity contribution in [2.75, 3.05) is 5.32 Å². The predicted molar refractivity (Wildman–Crippen MR) is 154 cm³/mol. The number of thiophene rings is 1. The van der Waals surface area contributed by atoms with Gasteiger partial charge in [0.1, 0.15) is 18.8 Å². The lowest BCUT2D eigenvalue weighted by Gasteiger charge is -2.33. The lowest BCUT2D eigenvalue weighted by molar-refractivity contribution is -0.234. The monoisotopic (exact) mass is 622 g/mol. The molecule has 0 aliphatic rings. The molecule has 0 radical (unpaired) electrons. The minimum absolute atomic E-state index is 0.0611. The third-order valence-corrected chi connectivity index (χ3v) is 6.95. The molecule has 43 heavy (non-hydrogen) atoms. The van der Waals surface area contributed by atoms with Crippen LogP contribution in [0.3, 0.4) is 0 Å². The normalized spacial score (nSPS) is 13.2.